The van der Waals surface area contributed by atoms with Gasteiger partial charge in [-0.3, -0.25) is 10.1 Å². The summed E-state index contributed by atoms with van der Waals surface area (Å²) in [6.07, 6.45) is 0.522. The van der Waals surface area contributed by atoms with Crippen LogP contribution >= 0.6 is 11.6 Å². The molecule has 0 fully saturated rings. The molecule has 0 aliphatic carbocycles. The van der Waals surface area contributed by atoms with Gasteiger partial charge in [0.05, 0.1) is 10.6 Å². The van der Waals surface area contributed by atoms with Gasteiger partial charge < -0.3 is 0 Å². The molecule has 0 saturated heterocycles. The van der Waals surface area contributed by atoms with Crippen LogP contribution in [0.5, 0.6) is 0 Å². The third kappa shape index (κ3) is 3.08. The van der Waals surface area contributed by atoms with Gasteiger partial charge in [0.1, 0.15) is 5.69 Å². The summed E-state index contributed by atoms with van der Waals surface area (Å²) in [4.78, 5) is 10.8. The largest absolute Gasteiger partial charge is 0.329 e. The van der Waals surface area contributed by atoms with Gasteiger partial charge in [-0.15, -0.1) is 0 Å². The van der Waals surface area contributed by atoms with Crippen LogP contribution in [0.3, 0.4) is 0 Å². The van der Waals surface area contributed by atoms with Crippen LogP contribution in [0.15, 0.2) is 18.2 Å². The Morgan fingerprint density at radius 3 is 2.62 bits per heavy atom. The number of hydrogen-bond donors (Lipinski definition) is 0. The van der Waals surface area contributed by atoms with Gasteiger partial charge in [-0.1, -0.05) is 37.6 Å². The summed E-state index contributed by atoms with van der Waals surface area (Å²) in [5, 5.41) is 15.7. The standard InChI is InChI=1S/C15H18ClN3O2/c1-9(2)7-12-14(19(20)21)15(16)18(17-12)13-8-10(3)5-6-11(13)4/h5-6,8-9H,7H2,1-4H3. The monoisotopic (exact) mass is 307 g/mol. The molecule has 1 aromatic heterocycles. The lowest BCUT2D eigenvalue weighted by Gasteiger charge is -2.07. The summed E-state index contributed by atoms with van der Waals surface area (Å²) >= 11 is 6.23. The van der Waals surface area contributed by atoms with Crippen molar-refractivity contribution < 1.29 is 4.92 Å². The van der Waals surface area contributed by atoms with Crippen LogP contribution in [0.4, 0.5) is 5.69 Å². The molecule has 0 amide bonds. The van der Waals surface area contributed by atoms with Crippen molar-refractivity contribution in [3.8, 4) is 5.69 Å². The maximum absolute atomic E-state index is 11.3. The van der Waals surface area contributed by atoms with E-state index in [1.165, 1.54) is 4.68 Å². The van der Waals surface area contributed by atoms with Crippen molar-refractivity contribution in [3.05, 3.63) is 50.3 Å². The summed E-state index contributed by atoms with van der Waals surface area (Å²) in [5.74, 6) is 0.265. The van der Waals surface area contributed by atoms with Crippen molar-refractivity contribution >= 4 is 17.3 Å². The van der Waals surface area contributed by atoms with Crippen molar-refractivity contribution in [2.45, 2.75) is 34.1 Å². The van der Waals surface area contributed by atoms with E-state index >= 15 is 0 Å². The third-order valence-electron chi connectivity index (χ3n) is 3.25. The number of hydrogen-bond acceptors (Lipinski definition) is 3. The molecule has 21 heavy (non-hydrogen) atoms. The molecule has 0 atom stereocenters. The first-order valence-electron chi connectivity index (χ1n) is 6.80. The van der Waals surface area contributed by atoms with E-state index in [2.05, 4.69) is 5.10 Å². The zero-order chi connectivity index (χ0) is 15.7. The second-order valence-corrected chi connectivity index (χ2v) is 6.00. The lowest BCUT2D eigenvalue weighted by molar-refractivity contribution is -0.385. The molecule has 2 rings (SSSR count). The van der Waals surface area contributed by atoms with Gasteiger partial charge in [-0.25, -0.2) is 4.68 Å². The SMILES string of the molecule is Cc1ccc(C)c(-n2nc(CC(C)C)c([N+](=O)[O-])c2Cl)c1. The number of aryl methyl sites for hydroxylation is 2. The van der Waals surface area contributed by atoms with Gasteiger partial charge >= 0.3 is 5.69 Å². The van der Waals surface area contributed by atoms with Crippen molar-refractivity contribution in [2.75, 3.05) is 0 Å². The summed E-state index contributed by atoms with van der Waals surface area (Å²) < 4.78 is 1.47. The van der Waals surface area contributed by atoms with E-state index in [1.54, 1.807) is 0 Å². The van der Waals surface area contributed by atoms with Gasteiger partial charge in [0.25, 0.3) is 0 Å². The van der Waals surface area contributed by atoms with Crippen LogP contribution in [0.1, 0.15) is 30.7 Å². The number of nitro groups is 1. The molecule has 2 aromatic rings. The highest BCUT2D eigenvalue weighted by atomic mass is 35.5. The Hall–Kier alpha value is -1.88. The van der Waals surface area contributed by atoms with E-state index in [-0.39, 0.29) is 16.8 Å². The highest BCUT2D eigenvalue weighted by Gasteiger charge is 2.28. The summed E-state index contributed by atoms with van der Waals surface area (Å²) in [6.45, 7) is 7.88. The van der Waals surface area contributed by atoms with Crippen LogP contribution in [0.2, 0.25) is 5.15 Å². The average Bonchev–Trinajstić information content (AvgIpc) is 2.68. The second kappa shape index (κ2) is 5.85. The first-order valence-corrected chi connectivity index (χ1v) is 7.18. The van der Waals surface area contributed by atoms with Crippen LogP contribution in [0, 0.1) is 29.9 Å². The molecule has 0 N–H and O–H groups in total. The molecule has 0 bridgehead atoms. The minimum atomic E-state index is -0.450. The van der Waals surface area contributed by atoms with Crippen molar-refractivity contribution in [1.29, 1.82) is 0 Å². The van der Waals surface area contributed by atoms with E-state index in [0.29, 0.717) is 12.1 Å². The third-order valence-corrected chi connectivity index (χ3v) is 3.59. The van der Waals surface area contributed by atoms with E-state index < -0.39 is 4.92 Å². The lowest BCUT2D eigenvalue weighted by atomic mass is 10.1. The van der Waals surface area contributed by atoms with Crippen molar-refractivity contribution in [1.82, 2.24) is 9.78 Å². The molecule has 0 aliphatic rings. The van der Waals surface area contributed by atoms with Crippen LogP contribution in [-0.4, -0.2) is 14.7 Å². The fraction of sp³-hybridized carbons (Fsp3) is 0.400. The highest BCUT2D eigenvalue weighted by Crippen LogP contribution is 2.33. The fourth-order valence-electron chi connectivity index (χ4n) is 2.24. The average molecular weight is 308 g/mol. The minimum Gasteiger partial charge on any atom is -0.258 e. The fourth-order valence-corrected chi connectivity index (χ4v) is 2.55. The smallest absolute Gasteiger partial charge is 0.258 e. The highest BCUT2D eigenvalue weighted by molar-refractivity contribution is 6.32. The van der Waals surface area contributed by atoms with Crippen LogP contribution in [-0.2, 0) is 6.42 Å². The predicted octanol–water partition coefficient (Wildman–Crippen LogP) is 4.25. The Morgan fingerprint density at radius 2 is 2.05 bits per heavy atom. The van der Waals surface area contributed by atoms with Crippen molar-refractivity contribution in [3.63, 3.8) is 0 Å². The Bertz CT molecular complexity index is 692. The number of nitrogens with zero attached hydrogens (tertiary/aromatic N) is 3. The van der Waals surface area contributed by atoms with Crippen LogP contribution in [0.25, 0.3) is 5.69 Å². The van der Waals surface area contributed by atoms with Crippen molar-refractivity contribution in [2.24, 2.45) is 5.92 Å². The molecular formula is C15H18ClN3O2. The second-order valence-electron chi connectivity index (χ2n) is 5.64. The van der Waals surface area contributed by atoms with E-state index in [1.807, 2.05) is 45.9 Å². The summed E-state index contributed by atoms with van der Waals surface area (Å²) in [5.41, 5.74) is 3.14. The van der Waals surface area contributed by atoms with Gasteiger partial charge in [-0.05, 0) is 37.0 Å². The quantitative estimate of drug-likeness (QED) is 0.626. The molecule has 6 heteroatoms. The summed E-state index contributed by atoms with van der Waals surface area (Å²) in [7, 11) is 0. The maximum Gasteiger partial charge on any atom is 0.329 e. The molecule has 0 radical (unpaired) electrons. The van der Waals surface area contributed by atoms with Gasteiger partial charge in [0.2, 0.25) is 5.15 Å². The van der Waals surface area contributed by atoms with E-state index in [4.69, 9.17) is 11.6 Å². The predicted molar refractivity (Wildman–Crippen MR) is 83.2 cm³/mol. The molecule has 0 spiro atoms. The Morgan fingerprint density at radius 1 is 1.38 bits per heavy atom. The zero-order valence-electron chi connectivity index (χ0n) is 12.6. The maximum atomic E-state index is 11.3. The molecule has 112 valence electrons. The summed E-state index contributed by atoms with van der Waals surface area (Å²) in [6, 6.07) is 5.87. The Balaban J connectivity index is 2.65. The molecular weight excluding hydrogens is 290 g/mol. The molecule has 0 saturated carbocycles. The van der Waals surface area contributed by atoms with E-state index in [0.717, 1.165) is 16.8 Å². The lowest BCUT2D eigenvalue weighted by Crippen LogP contribution is -2.02. The minimum absolute atomic E-state index is 0.0596. The van der Waals surface area contributed by atoms with Gasteiger partial charge in [-0.2, -0.15) is 5.10 Å². The molecule has 0 unspecified atom stereocenters. The van der Waals surface area contributed by atoms with E-state index in [9.17, 15) is 10.1 Å². The number of halogens is 1. The number of benzene rings is 1. The number of aromatic nitrogens is 2. The first-order chi connectivity index (χ1) is 9.81. The van der Waals surface area contributed by atoms with Gasteiger partial charge in [0.15, 0.2) is 0 Å². The normalized spacial score (nSPS) is 11.1. The molecule has 1 aromatic carbocycles. The Kier molecular flexibility index (Phi) is 4.32. The molecule has 5 nitrogen and oxygen atoms in total. The first kappa shape index (κ1) is 15.5. The molecule has 0 aliphatic heterocycles. The topological polar surface area (TPSA) is 61.0 Å². The Labute approximate surface area is 128 Å². The van der Waals surface area contributed by atoms with Crippen LogP contribution < -0.4 is 0 Å². The molecule has 1 heterocycles. The van der Waals surface area contributed by atoms with Gasteiger partial charge in [0, 0.05) is 6.42 Å². The zero-order valence-corrected chi connectivity index (χ0v) is 13.3. The number of rotatable bonds is 4.